The highest BCUT2D eigenvalue weighted by Gasteiger charge is 2.35. The first-order valence-corrected chi connectivity index (χ1v) is 4.77. The van der Waals surface area contributed by atoms with E-state index in [1.165, 1.54) is 0 Å². The van der Waals surface area contributed by atoms with Crippen LogP contribution in [0.2, 0.25) is 0 Å². The molecule has 1 aliphatic heterocycles. The van der Waals surface area contributed by atoms with Crippen molar-refractivity contribution < 1.29 is 5.11 Å². The lowest BCUT2D eigenvalue weighted by Gasteiger charge is -2.23. The Morgan fingerprint density at radius 3 is 3.07 bits per heavy atom. The number of rotatable bonds is 1. The van der Waals surface area contributed by atoms with Crippen molar-refractivity contribution in [2.45, 2.75) is 18.9 Å². The summed E-state index contributed by atoms with van der Waals surface area (Å²) in [6.45, 7) is 3.33. The third kappa shape index (κ3) is 1.47. The van der Waals surface area contributed by atoms with E-state index in [1.54, 1.807) is 6.20 Å². The summed E-state index contributed by atoms with van der Waals surface area (Å²) < 4.78 is 0. The molecule has 4 heteroatoms. The molecule has 4 nitrogen and oxygen atoms in total. The molecule has 0 aliphatic carbocycles. The summed E-state index contributed by atoms with van der Waals surface area (Å²) in [7, 11) is 0. The molecule has 1 fully saturated rings. The first-order chi connectivity index (χ1) is 6.62. The van der Waals surface area contributed by atoms with Crippen LogP contribution in [0.3, 0.4) is 0 Å². The van der Waals surface area contributed by atoms with Crippen molar-refractivity contribution in [3.05, 3.63) is 23.4 Å². The van der Waals surface area contributed by atoms with Crippen LogP contribution in [0.4, 0.5) is 5.82 Å². The van der Waals surface area contributed by atoms with E-state index in [9.17, 15) is 5.11 Å². The van der Waals surface area contributed by atoms with E-state index in [4.69, 9.17) is 5.73 Å². The summed E-state index contributed by atoms with van der Waals surface area (Å²) in [6, 6.07) is 1.91. The second-order valence-corrected chi connectivity index (χ2v) is 3.90. The lowest BCUT2D eigenvalue weighted by molar-refractivity contribution is 0.0592. The van der Waals surface area contributed by atoms with Crippen molar-refractivity contribution in [1.29, 1.82) is 0 Å². The molecule has 2 heterocycles. The van der Waals surface area contributed by atoms with Gasteiger partial charge in [0.15, 0.2) is 0 Å². The van der Waals surface area contributed by atoms with Gasteiger partial charge in [0.25, 0.3) is 0 Å². The number of nitrogens with one attached hydrogen (secondary N) is 1. The molecule has 1 aromatic rings. The molecule has 76 valence electrons. The van der Waals surface area contributed by atoms with Gasteiger partial charge in [0.05, 0.1) is 0 Å². The second kappa shape index (κ2) is 3.22. The highest BCUT2D eigenvalue weighted by molar-refractivity contribution is 5.45. The maximum absolute atomic E-state index is 10.3. The highest BCUT2D eigenvalue weighted by Crippen LogP contribution is 2.31. The summed E-state index contributed by atoms with van der Waals surface area (Å²) in [5.41, 5.74) is 6.70. The Balaban J connectivity index is 2.44. The molecule has 14 heavy (non-hydrogen) atoms. The van der Waals surface area contributed by atoms with E-state index in [-0.39, 0.29) is 0 Å². The molecule has 1 unspecified atom stereocenters. The zero-order chi connectivity index (χ0) is 10.2. The van der Waals surface area contributed by atoms with Crippen LogP contribution in [0.25, 0.3) is 0 Å². The van der Waals surface area contributed by atoms with Crippen LogP contribution in [0.5, 0.6) is 0 Å². The first kappa shape index (κ1) is 9.43. The topological polar surface area (TPSA) is 71.2 Å². The van der Waals surface area contributed by atoms with Crippen LogP contribution in [-0.4, -0.2) is 23.2 Å². The van der Waals surface area contributed by atoms with Crippen molar-refractivity contribution in [2.75, 3.05) is 18.8 Å². The third-order valence-corrected chi connectivity index (χ3v) is 2.69. The fraction of sp³-hybridized carbons (Fsp3) is 0.500. The Kier molecular flexibility index (Phi) is 2.17. The van der Waals surface area contributed by atoms with E-state index in [0.29, 0.717) is 18.8 Å². The van der Waals surface area contributed by atoms with Crippen molar-refractivity contribution in [3.63, 3.8) is 0 Å². The number of hydrogen-bond acceptors (Lipinski definition) is 4. The molecule has 0 saturated carbocycles. The molecule has 1 saturated heterocycles. The molecule has 2 rings (SSSR count). The lowest BCUT2D eigenvalue weighted by atomic mass is 9.93. The number of aromatic nitrogens is 1. The predicted molar refractivity (Wildman–Crippen MR) is 54.8 cm³/mol. The normalized spacial score (nSPS) is 26.7. The monoisotopic (exact) mass is 193 g/mol. The van der Waals surface area contributed by atoms with Gasteiger partial charge in [-0.05, 0) is 31.5 Å². The predicted octanol–water partition coefficient (Wildman–Crippen LogP) is 0.153. The number of aliphatic hydroxyl groups is 1. The molecule has 4 N–H and O–H groups in total. The lowest BCUT2D eigenvalue weighted by Crippen LogP contribution is -2.29. The van der Waals surface area contributed by atoms with E-state index in [0.717, 1.165) is 17.7 Å². The highest BCUT2D eigenvalue weighted by atomic mass is 16.3. The number of nitrogen functional groups attached to an aromatic ring is 1. The Labute approximate surface area is 83.2 Å². The molecule has 0 amide bonds. The minimum Gasteiger partial charge on any atom is -0.384 e. The standard InChI is InChI=1S/C10H15N3O/c1-7-4-8(9(11)13-5-7)10(14)2-3-12-6-10/h4-5,12,14H,2-3,6H2,1H3,(H2,11,13). The molecular formula is C10H15N3O. The molecule has 1 aliphatic rings. The second-order valence-electron chi connectivity index (χ2n) is 3.90. The Morgan fingerprint density at radius 2 is 2.43 bits per heavy atom. The quantitative estimate of drug-likeness (QED) is 0.594. The minimum absolute atomic E-state index is 0.432. The zero-order valence-electron chi connectivity index (χ0n) is 8.25. The average molecular weight is 193 g/mol. The van der Waals surface area contributed by atoms with Gasteiger partial charge in [0, 0.05) is 18.3 Å². The van der Waals surface area contributed by atoms with Gasteiger partial charge in [0.1, 0.15) is 11.4 Å². The Bertz CT molecular complexity index is 345. The van der Waals surface area contributed by atoms with E-state index >= 15 is 0 Å². The van der Waals surface area contributed by atoms with Gasteiger partial charge < -0.3 is 16.2 Å². The summed E-state index contributed by atoms with van der Waals surface area (Å²) in [6.07, 6.45) is 2.41. The maximum atomic E-state index is 10.3. The number of hydrogen-bond donors (Lipinski definition) is 3. The van der Waals surface area contributed by atoms with E-state index in [1.807, 2.05) is 13.0 Å². The zero-order valence-corrected chi connectivity index (χ0v) is 8.25. The SMILES string of the molecule is Cc1cnc(N)c(C2(O)CCNC2)c1. The molecule has 0 radical (unpaired) electrons. The number of nitrogens with zero attached hydrogens (tertiary/aromatic N) is 1. The largest absolute Gasteiger partial charge is 0.384 e. The Hall–Kier alpha value is -1.13. The van der Waals surface area contributed by atoms with Crippen molar-refractivity contribution >= 4 is 5.82 Å². The van der Waals surface area contributed by atoms with Crippen LogP contribution in [0.1, 0.15) is 17.5 Å². The van der Waals surface area contributed by atoms with Crippen LogP contribution in [0.15, 0.2) is 12.3 Å². The van der Waals surface area contributed by atoms with Crippen LogP contribution in [-0.2, 0) is 5.60 Å². The number of aryl methyl sites for hydroxylation is 1. The van der Waals surface area contributed by atoms with Crippen LogP contribution in [0, 0.1) is 6.92 Å². The van der Waals surface area contributed by atoms with Crippen LogP contribution >= 0.6 is 0 Å². The molecule has 1 atom stereocenters. The molecule has 1 aromatic heterocycles. The van der Waals surface area contributed by atoms with Crippen molar-refractivity contribution in [1.82, 2.24) is 10.3 Å². The Morgan fingerprint density at radius 1 is 1.64 bits per heavy atom. The average Bonchev–Trinajstić information content (AvgIpc) is 2.58. The smallest absolute Gasteiger partial charge is 0.129 e. The van der Waals surface area contributed by atoms with Gasteiger partial charge in [-0.2, -0.15) is 0 Å². The summed E-state index contributed by atoms with van der Waals surface area (Å²) in [4.78, 5) is 4.06. The fourth-order valence-electron chi connectivity index (χ4n) is 1.86. The molecular weight excluding hydrogens is 178 g/mol. The molecule has 0 aromatic carbocycles. The van der Waals surface area contributed by atoms with Gasteiger partial charge in [-0.3, -0.25) is 0 Å². The van der Waals surface area contributed by atoms with Gasteiger partial charge in [0.2, 0.25) is 0 Å². The summed E-state index contributed by atoms with van der Waals surface area (Å²) in [5.74, 6) is 0.432. The summed E-state index contributed by atoms with van der Waals surface area (Å²) >= 11 is 0. The van der Waals surface area contributed by atoms with E-state index in [2.05, 4.69) is 10.3 Å². The summed E-state index contributed by atoms with van der Waals surface area (Å²) in [5, 5.41) is 13.4. The number of anilines is 1. The van der Waals surface area contributed by atoms with Crippen LogP contribution < -0.4 is 11.1 Å². The molecule has 0 bridgehead atoms. The third-order valence-electron chi connectivity index (χ3n) is 2.69. The van der Waals surface area contributed by atoms with Crippen molar-refractivity contribution in [3.8, 4) is 0 Å². The molecule has 0 spiro atoms. The number of nitrogens with two attached hydrogens (primary N) is 1. The maximum Gasteiger partial charge on any atom is 0.129 e. The fourth-order valence-corrected chi connectivity index (χ4v) is 1.86. The number of pyridine rings is 1. The minimum atomic E-state index is -0.830. The van der Waals surface area contributed by atoms with Gasteiger partial charge in [-0.15, -0.1) is 0 Å². The van der Waals surface area contributed by atoms with Crippen molar-refractivity contribution in [2.24, 2.45) is 0 Å². The van der Waals surface area contributed by atoms with Gasteiger partial charge in [-0.1, -0.05) is 0 Å². The van der Waals surface area contributed by atoms with E-state index < -0.39 is 5.60 Å². The van der Waals surface area contributed by atoms with Gasteiger partial charge in [-0.25, -0.2) is 4.98 Å². The first-order valence-electron chi connectivity index (χ1n) is 4.77. The van der Waals surface area contributed by atoms with Gasteiger partial charge >= 0.3 is 0 Å². The number of β-amino-alcohol motifs (C(OH)–C–C–N with tert-alkyl or cyclic N) is 1.